The van der Waals surface area contributed by atoms with Crippen molar-refractivity contribution in [1.82, 2.24) is 4.90 Å². The quantitative estimate of drug-likeness (QED) is 0.599. The van der Waals surface area contributed by atoms with Crippen molar-refractivity contribution in [3.05, 3.63) is 0 Å². The Kier molecular flexibility index (Phi) is 4.62. The number of unbranched alkanes of at least 4 members (excludes halogenated alkanes) is 2. The van der Waals surface area contributed by atoms with E-state index in [9.17, 15) is 0 Å². The molecule has 1 saturated heterocycles. The summed E-state index contributed by atoms with van der Waals surface area (Å²) < 4.78 is 5.65. The lowest BCUT2D eigenvalue weighted by molar-refractivity contribution is -0.0242. The van der Waals surface area contributed by atoms with Gasteiger partial charge in [-0.05, 0) is 13.5 Å². The maximum atomic E-state index is 5.65. The van der Waals surface area contributed by atoms with Gasteiger partial charge in [-0.3, -0.25) is 0 Å². The Morgan fingerprint density at radius 3 is 2.92 bits per heavy atom. The van der Waals surface area contributed by atoms with Crippen molar-refractivity contribution in [3.8, 4) is 0 Å². The average Bonchev–Trinajstić information content (AvgIpc) is 2.05. The normalized spacial score (nSPS) is 26.0. The van der Waals surface area contributed by atoms with Gasteiger partial charge in [-0.1, -0.05) is 26.2 Å². The molecule has 1 rings (SSSR count). The van der Waals surface area contributed by atoms with E-state index in [0.29, 0.717) is 6.10 Å². The van der Waals surface area contributed by atoms with Crippen molar-refractivity contribution < 1.29 is 4.74 Å². The predicted molar refractivity (Wildman–Crippen MR) is 51.4 cm³/mol. The van der Waals surface area contributed by atoms with Crippen LogP contribution in [0.15, 0.2) is 0 Å². The van der Waals surface area contributed by atoms with Gasteiger partial charge in [0.2, 0.25) is 0 Å². The molecule has 0 aliphatic carbocycles. The molecule has 0 aromatic carbocycles. The van der Waals surface area contributed by atoms with Crippen molar-refractivity contribution in [2.24, 2.45) is 0 Å². The number of nitrogens with zero attached hydrogens (tertiary/aromatic N) is 1. The molecule has 1 atom stereocenters. The number of likely N-dealkylation sites (N-methyl/N-ethyl adjacent to an activating group) is 1. The molecule has 0 spiro atoms. The summed E-state index contributed by atoms with van der Waals surface area (Å²) in [5, 5.41) is 0. The van der Waals surface area contributed by atoms with Crippen molar-refractivity contribution in [2.75, 3.05) is 26.7 Å². The Bertz CT molecular complexity index is 116. The highest BCUT2D eigenvalue weighted by Gasteiger charge is 2.16. The molecule has 2 heteroatoms. The Labute approximate surface area is 75.9 Å². The topological polar surface area (TPSA) is 12.5 Å². The van der Waals surface area contributed by atoms with Crippen molar-refractivity contribution in [1.29, 1.82) is 0 Å². The van der Waals surface area contributed by atoms with E-state index in [0.717, 1.165) is 19.7 Å². The van der Waals surface area contributed by atoms with E-state index in [-0.39, 0.29) is 0 Å². The fraction of sp³-hybridized carbons (Fsp3) is 1.00. The molecule has 0 aromatic heterocycles. The lowest BCUT2D eigenvalue weighted by atomic mass is 10.1. The van der Waals surface area contributed by atoms with Gasteiger partial charge in [-0.15, -0.1) is 0 Å². The monoisotopic (exact) mass is 171 g/mol. The number of morpholine rings is 1. The number of hydrogen-bond acceptors (Lipinski definition) is 2. The summed E-state index contributed by atoms with van der Waals surface area (Å²) in [6.45, 7) is 5.40. The first-order chi connectivity index (χ1) is 5.83. The molecule has 0 aromatic rings. The second kappa shape index (κ2) is 5.55. The summed E-state index contributed by atoms with van der Waals surface area (Å²) in [7, 11) is 2.18. The van der Waals surface area contributed by atoms with E-state index < -0.39 is 0 Å². The summed E-state index contributed by atoms with van der Waals surface area (Å²) >= 11 is 0. The minimum atomic E-state index is 0.510. The molecule has 0 radical (unpaired) electrons. The van der Waals surface area contributed by atoms with E-state index in [1.807, 2.05) is 0 Å². The van der Waals surface area contributed by atoms with Gasteiger partial charge in [-0.2, -0.15) is 0 Å². The van der Waals surface area contributed by atoms with Crippen LogP contribution in [0, 0.1) is 0 Å². The van der Waals surface area contributed by atoms with Crippen molar-refractivity contribution in [2.45, 2.75) is 38.7 Å². The third-order valence-corrected chi connectivity index (χ3v) is 2.47. The van der Waals surface area contributed by atoms with Crippen LogP contribution < -0.4 is 0 Å². The van der Waals surface area contributed by atoms with Gasteiger partial charge in [-0.25, -0.2) is 0 Å². The minimum Gasteiger partial charge on any atom is -0.376 e. The van der Waals surface area contributed by atoms with Crippen LogP contribution in [0.25, 0.3) is 0 Å². The summed E-state index contributed by atoms with van der Waals surface area (Å²) in [4.78, 5) is 2.36. The highest BCUT2D eigenvalue weighted by atomic mass is 16.5. The van der Waals surface area contributed by atoms with Crippen molar-refractivity contribution in [3.63, 3.8) is 0 Å². The lowest BCUT2D eigenvalue weighted by Crippen LogP contribution is -2.39. The van der Waals surface area contributed by atoms with Crippen molar-refractivity contribution >= 4 is 0 Å². The van der Waals surface area contributed by atoms with Crippen LogP contribution in [0.4, 0.5) is 0 Å². The summed E-state index contributed by atoms with van der Waals surface area (Å²) in [6, 6.07) is 0. The Hall–Kier alpha value is -0.0800. The maximum absolute atomic E-state index is 5.65. The van der Waals surface area contributed by atoms with Crippen LogP contribution in [0.5, 0.6) is 0 Å². The Morgan fingerprint density at radius 1 is 1.42 bits per heavy atom. The highest BCUT2D eigenvalue weighted by molar-refractivity contribution is 4.68. The van der Waals surface area contributed by atoms with Gasteiger partial charge < -0.3 is 9.64 Å². The third kappa shape index (κ3) is 3.55. The van der Waals surface area contributed by atoms with E-state index in [4.69, 9.17) is 4.74 Å². The molecule has 1 aliphatic rings. The third-order valence-electron chi connectivity index (χ3n) is 2.47. The molecule has 0 saturated carbocycles. The van der Waals surface area contributed by atoms with Crippen LogP contribution in [0.3, 0.4) is 0 Å². The van der Waals surface area contributed by atoms with Gasteiger partial charge in [0, 0.05) is 13.1 Å². The molecule has 1 heterocycles. The van der Waals surface area contributed by atoms with Gasteiger partial charge in [0.25, 0.3) is 0 Å². The van der Waals surface area contributed by atoms with E-state index in [2.05, 4.69) is 18.9 Å². The first-order valence-corrected chi connectivity index (χ1v) is 5.13. The summed E-state index contributed by atoms with van der Waals surface area (Å²) in [6.07, 6.45) is 5.74. The van der Waals surface area contributed by atoms with Gasteiger partial charge in [0.1, 0.15) is 0 Å². The molecular weight excluding hydrogens is 150 g/mol. The number of ether oxygens (including phenoxy) is 1. The van der Waals surface area contributed by atoms with E-state index in [1.54, 1.807) is 0 Å². The molecular formula is C10H21NO. The molecule has 1 aliphatic heterocycles. The largest absolute Gasteiger partial charge is 0.376 e. The average molecular weight is 171 g/mol. The van der Waals surface area contributed by atoms with Crippen LogP contribution in [-0.4, -0.2) is 37.7 Å². The number of rotatable bonds is 4. The fourth-order valence-corrected chi connectivity index (χ4v) is 1.66. The van der Waals surface area contributed by atoms with Crippen LogP contribution in [-0.2, 0) is 4.74 Å². The molecule has 1 unspecified atom stereocenters. The Morgan fingerprint density at radius 2 is 2.25 bits per heavy atom. The summed E-state index contributed by atoms with van der Waals surface area (Å²) in [5.74, 6) is 0. The smallest absolute Gasteiger partial charge is 0.0702 e. The zero-order valence-electron chi connectivity index (χ0n) is 8.38. The Balaban J connectivity index is 2.06. The second-order valence-corrected chi connectivity index (χ2v) is 3.75. The second-order valence-electron chi connectivity index (χ2n) is 3.75. The lowest BCUT2D eigenvalue weighted by Gasteiger charge is -2.30. The van der Waals surface area contributed by atoms with Crippen LogP contribution in [0.1, 0.15) is 32.6 Å². The summed E-state index contributed by atoms with van der Waals surface area (Å²) in [5.41, 5.74) is 0. The maximum Gasteiger partial charge on any atom is 0.0702 e. The molecule has 0 N–H and O–H groups in total. The van der Waals surface area contributed by atoms with Crippen LogP contribution >= 0.6 is 0 Å². The minimum absolute atomic E-state index is 0.510. The molecule has 12 heavy (non-hydrogen) atoms. The highest BCUT2D eigenvalue weighted by Crippen LogP contribution is 2.11. The SMILES string of the molecule is CCCCCC1CN(C)CCO1. The molecule has 0 bridgehead atoms. The predicted octanol–water partition coefficient (Wildman–Crippen LogP) is 1.90. The zero-order chi connectivity index (χ0) is 8.81. The van der Waals surface area contributed by atoms with E-state index in [1.165, 1.54) is 25.7 Å². The first kappa shape index (κ1) is 10.0. The molecule has 0 amide bonds. The molecule has 1 fully saturated rings. The van der Waals surface area contributed by atoms with Gasteiger partial charge in [0.05, 0.1) is 12.7 Å². The van der Waals surface area contributed by atoms with Gasteiger partial charge >= 0.3 is 0 Å². The molecule has 2 nitrogen and oxygen atoms in total. The fourth-order valence-electron chi connectivity index (χ4n) is 1.66. The van der Waals surface area contributed by atoms with Gasteiger partial charge in [0.15, 0.2) is 0 Å². The van der Waals surface area contributed by atoms with Crippen LogP contribution in [0.2, 0.25) is 0 Å². The standard InChI is InChI=1S/C10H21NO/c1-3-4-5-6-10-9-11(2)7-8-12-10/h10H,3-9H2,1-2H3. The molecule has 72 valence electrons. The number of hydrogen-bond donors (Lipinski definition) is 0. The van der Waals surface area contributed by atoms with E-state index >= 15 is 0 Å². The zero-order valence-corrected chi connectivity index (χ0v) is 8.38. The first-order valence-electron chi connectivity index (χ1n) is 5.13.